The van der Waals surface area contributed by atoms with Gasteiger partial charge in [0.05, 0.1) is 11.7 Å². The van der Waals surface area contributed by atoms with Crippen LogP contribution < -0.4 is 5.32 Å². The van der Waals surface area contributed by atoms with Crippen molar-refractivity contribution in [3.8, 4) is 0 Å². The largest absolute Gasteiger partial charge is 0.416 e. The third kappa shape index (κ3) is 4.66. The molecule has 0 spiro atoms. The van der Waals surface area contributed by atoms with Crippen LogP contribution in [0, 0.1) is 6.92 Å². The number of aliphatic hydroxyl groups excluding tert-OH is 1. The molecule has 1 atom stereocenters. The van der Waals surface area contributed by atoms with E-state index < -0.39 is 17.8 Å². The fraction of sp³-hybridized carbons (Fsp3) is 0.375. The Balaban J connectivity index is 2.08. The number of aliphatic hydroxyl groups is 1. The van der Waals surface area contributed by atoms with Gasteiger partial charge in [0, 0.05) is 18.3 Å². The number of rotatable bonds is 5. The molecule has 7 heteroatoms. The summed E-state index contributed by atoms with van der Waals surface area (Å²) in [4.78, 5) is 8.43. The van der Waals surface area contributed by atoms with Gasteiger partial charge in [0.1, 0.15) is 11.6 Å². The third-order valence-corrected chi connectivity index (χ3v) is 3.33. The maximum atomic E-state index is 12.7. The number of aromatic nitrogens is 2. The van der Waals surface area contributed by atoms with E-state index in [9.17, 15) is 18.3 Å². The number of alkyl halides is 3. The summed E-state index contributed by atoms with van der Waals surface area (Å²) in [5.41, 5.74) is 0.280. The van der Waals surface area contributed by atoms with Gasteiger partial charge in [-0.2, -0.15) is 13.2 Å². The first kappa shape index (κ1) is 17.2. The van der Waals surface area contributed by atoms with Crippen LogP contribution in [0.15, 0.2) is 30.3 Å². The Morgan fingerprint density at radius 1 is 1.22 bits per heavy atom. The number of hydrogen-bond acceptors (Lipinski definition) is 4. The Kier molecular flexibility index (Phi) is 5.20. The van der Waals surface area contributed by atoms with Crippen LogP contribution in [0.1, 0.15) is 35.7 Å². The molecule has 1 heterocycles. The van der Waals surface area contributed by atoms with E-state index in [1.54, 1.807) is 13.0 Å². The molecule has 0 aliphatic heterocycles. The number of anilines is 1. The molecule has 0 radical (unpaired) electrons. The van der Waals surface area contributed by atoms with Crippen LogP contribution in [0.4, 0.5) is 19.0 Å². The fourth-order valence-corrected chi connectivity index (χ4v) is 2.14. The van der Waals surface area contributed by atoms with Crippen LogP contribution in [-0.2, 0) is 12.6 Å². The Bertz CT molecular complexity index is 674. The molecule has 1 aromatic heterocycles. The van der Waals surface area contributed by atoms with Crippen molar-refractivity contribution in [2.24, 2.45) is 0 Å². The lowest BCUT2D eigenvalue weighted by Gasteiger charge is -2.15. The molecule has 2 rings (SSSR count). The Hall–Kier alpha value is -2.15. The van der Waals surface area contributed by atoms with Crippen molar-refractivity contribution in [3.05, 3.63) is 53.0 Å². The average Bonchev–Trinajstić information content (AvgIpc) is 2.51. The summed E-state index contributed by atoms with van der Waals surface area (Å²) in [6, 6.07) is 6.43. The van der Waals surface area contributed by atoms with Crippen molar-refractivity contribution in [1.82, 2.24) is 9.97 Å². The molecular weight excluding hydrogens is 307 g/mol. The zero-order chi connectivity index (χ0) is 17.0. The number of hydrogen-bond donors (Lipinski definition) is 2. The second-order valence-electron chi connectivity index (χ2n) is 5.17. The molecule has 0 bridgehead atoms. The first-order valence-electron chi connectivity index (χ1n) is 7.23. The van der Waals surface area contributed by atoms with Crippen molar-refractivity contribution >= 4 is 5.82 Å². The summed E-state index contributed by atoms with van der Waals surface area (Å²) in [5, 5.41) is 13.0. The van der Waals surface area contributed by atoms with Crippen LogP contribution in [0.5, 0.6) is 0 Å². The normalized spacial score (nSPS) is 13.0. The highest BCUT2D eigenvalue weighted by molar-refractivity contribution is 5.37. The standard InChI is InChI=1S/C16H18F3N3O/c1-3-13-8-15(22-10(2)21-13)20-9-14(23)11-5-4-6-12(7-11)16(17,18)19/h4-8,14,23H,3,9H2,1-2H3,(H,20,21,22). The third-order valence-electron chi connectivity index (χ3n) is 3.33. The monoisotopic (exact) mass is 325 g/mol. The van der Waals surface area contributed by atoms with Crippen LogP contribution in [0.25, 0.3) is 0 Å². The molecule has 4 nitrogen and oxygen atoms in total. The molecule has 0 fully saturated rings. The van der Waals surface area contributed by atoms with Crippen LogP contribution in [0.2, 0.25) is 0 Å². The zero-order valence-electron chi connectivity index (χ0n) is 12.9. The van der Waals surface area contributed by atoms with Crippen molar-refractivity contribution in [2.75, 3.05) is 11.9 Å². The van der Waals surface area contributed by atoms with Crippen molar-refractivity contribution in [2.45, 2.75) is 32.5 Å². The molecule has 124 valence electrons. The number of halogens is 3. The highest BCUT2D eigenvalue weighted by Gasteiger charge is 2.30. The van der Waals surface area contributed by atoms with E-state index in [4.69, 9.17) is 0 Å². The molecule has 23 heavy (non-hydrogen) atoms. The minimum atomic E-state index is -4.43. The van der Waals surface area contributed by atoms with Gasteiger partial charge >= 0.3 is 6.18 Å². The van der Waals surface area contributed by atoms with E-state index in [0.717, 1.165) is 24.2 Å². The maximum Gasteiger partial charge on any atom is 0.416 e. The molecule has 0 saturated heterocycles. The van der Waals surface area contributed by atoms with Crippen molar-refractivity contribution in [3.63, 3.8) is 0 Å². The minimum Gasteiger partial charge on any atom is -0.387 e. The first-order valence-corrected chi connectivity index (χ1v) is 7.23. The molecule has 0 aliphatic rings. The summed E-state index contributed by atoms with van der Waals surface area (Å²) in [6.45, 7) is 3.78. The fourth-order valence-electron chi connectivity index (χ4n) is 2.14. The summed E-state index contributed by atoms with van der Waals surface area (Å²) in [5.74, 6) is 1.14. The topological polar surface area (TPSA) is 58.0 Å². The van der Waals surface area contributed by atoms with Gasteiger partial charge in [0.25, 0.3) is 0 Å². The van der Waals surface area contributed by atoms with E-state index in [2.05, 4.69) is 15.3 Å². The lowest BCUT2D eigenvalue weighted by Crippen LogP contribution is -2.15. The highest BCUT2D eigenvalue weighted by Crippen LogP contribution is 2.30. The molecule has 0 saturated carbocycles. The number of aryl methyl sites for hydroxylation is 2. The summed E-state index contributed by atoms with van der Waals surface area (Å²) in [7, 11) is 0. The smallest absolute Gasteiger partial charge is 0.387 e. The van der Waals surface area contributed by atoms with E-state index in [1.165, 1.54) is 12.1 Å². The predicted molar refractivity (Wildman–Crippen MR) is 81.0 cm³/mol. The lowest BCUT2D eigenvalue weighted by atomic mass is 10.1. The number of benzene rings is 1. The molecule has 2 N–H and O–H groups in total. The van der Waals surface area contributed by atoms with Gasteiger partial charge in [-0.3, -0.25) is 0 Å². The summed E-state index contributed by atoms with van der Waals surface area (Å²) >= 11 is 0. The number of nitrogens with one attached hydrogen (secondary N) is 1. The minimum absolute atomic E-state index is 0.0565. The quantitative estimate of drug-likeness (QED) is 0.883. The SMILES string of the molecule is CCc1cc(NCC(O)c2cccc(C(F)(F)F)c2)nc(C)n1. The lowest BCUT2D eigenvalue weighted by molar-refractivity contribution is -0.137. The van der Waals surface area contributed by atoms with Crippen molar-refractivity contribution in [1.29, 1.82) is 0 Å². The Morgan fingerprint density at radius 2 is 1.96 bits per heavy atom. The molecule has 0 amide bonds. The summed E-state index contributed by atoms with van der Waals surface area (Å²) < 4.78 is 38.1. The molecule has 1 aromatic carbocycles. The van der Waals surface area contributed by atoms with E-state index in [0.29, 0.717) is 11.6 Å². The van der Waals surface area contributed by atoms with E-state index in [1.807, 2.05) is 6.92 Å². The highest BCUT2D eigenvalue weighted by atomic mass is 19.4. The van der Waals surface area contributed by atoms with Gasteiger partial charge in [-0.15, -0.1) is 0 Å². The Labute approximate surface area is 132 Å². The first-order chi connectivity index (χ1) is 10.8. The van der Waals surface area contributed by atoms with E-state index in [-0.39, 0.29) is 12.1 Å². The molecule has 2 aromatic rings. The molecular formula is C16H18F3N3O. The van der Waals surface area contributed by atoms with Gasteiger partial charge < -0.3 is 10.4 Å². The van der Waals surface area contributed by atoms with Gasteiger partial charge in [0.2, 0.25) is 0 Å². The van der Waals surface area contributed by atoms with Gasteiger partial charge in [-0.05, 0) is 31.0 Å². The van der Waals surface area contributed by atoms with Crippen LogP contribution in [0.3, 0.4) is 0 Å². The van der Waals surface area contributed by atoms with Gasteiger partial charge in [0.15, 0.2) is 0 Å². The van der Waals surface area contributed by atoms with Gasteiger partial charge in [-0.25, -0.2) is 9.97 Å². The Morgan fingerprint density at radius 3 is 2.61 bits per heavy atom. The second kappa shape index (κ2) is 6.95. The second-order valence-corrected chi connectivity index (χ2v) is 5.17. The predicted octanol–water partition coefficient (Wildman–Crippen LogP) is 3.51. The summed E-state index contributed by atoms with van der Waals surface area (Å²) in [6.07, 6.45) is -4.75. The van der Waals surface area contributed by atoms with E-state index >= 15 is 0 Å². The van der Waals surface area contributed by atoms with Crippen LogP contribution in [-0.4, -0.2) is 21.6 Å². The molecule has 0 aliphatic carbocycles. The average molecular weight is 325 g/mol. The maximum absolute atomic E-state index is 12.7. The molecule has 1 unspecified atom stereocenters. The van der Waals surface area contributed by atoms with Gasteiger partial charge in [-0.1, -0.05) is 19.1 Å². The number of nitrogens with zero attached hydrogens (tertiary/aromatic N) is 2. The van der Waals surface area contributed by atoms with Crippen LogP contribution >= 0.6 is 0 Å². The van der Waals surface area contributed by atoms with Crippen molar-refractivity contribution < 1.29 is 18.3 Å². The zero-order valence-corrected chi connectivity index (χ0v) is 12.9.